The smallest absolute Gasteiger partial charge is 0.0763 e. The lowest BCUT2D eigenvalue weighted by Gasteiger charge is -2.36. The topological polar surface area (TPSA) is 12.5 Å². The Balaban J connectivity index is 2.46. The first-order valence-corrected chi connectivity index (χ1v) is 4.36. The molecule has 1 rings (SSSR count). The fourth-order valence-electron chi connectivity index (χ4n) is 1.14. The average molecular weight is 178 g/mol. The summed E-state index contributed by atoms with van der Waals surface area (Å²) in [5, 5.41) is 0. The molecule has 1 fully saturated rings. The van der Waals surface area contributed by atoms with Gasteiger partial charge < -0.3 is 4.74 Å². The Morgan fingerprint density at radius 2 is 2.09 bits per heavy atom. The first-order valence-electron chi connectivity index (χ1n) is 4.02. The minimum Gasteiger partial charge on any atom is -0.375 e. The van der Waals surface area contributed by atoms with Gasteiger partial charge in [0, 0.05) is 13.1 Å². The Morgan fingerprint density at radius 1 is 1.45 bits per heavy atom. The number of nitrogens with zero attached hydrogens (tertiary/aromatic N) is 1. The van der Waals surface area contributed by atoms with Gasteiger partial charge in [0.1, 0.15) is 0 Å². The summed E-state index contributed by atoms with van der Waals surface area (Å²) in [6, 6.07) is 0. The molecule has 1 aliphatic heterocycles. The highest BCUT2D eigenvalue weighted by Gasteiger charge is 2.29. The van der Waals surface area contributed by atoms with Crippen molar-refractivity contribution in [3.05, 3.63) is 0 Å². The second-order valence-corrected chi connectivity index (χ2v) is 4.57. The van der Waals surface area contributed by atoms with Gasteiger partial charge in [-0.2, -0.15) is 0 Å². The van der Waals surface area contributed by atoms with Crippen molar-refractivity contribution in [3.8, 4) is 0 Å². The highest BCUT2D eigenvalue weighted by atomic mass is 35.5. The highest BCUT2D eigenvalue weighted by molar-refractivity contribution is 6.13. The molecular weight excluding hydrogens is 162 g/mol. The molecule has 3 heteroatoms. The third-order valence-electron chi connectivity index (χ3n) is 1.98. The molecule has 0 saturated carbocycles. The molecule has 0 amide bonds. The number of hydrogen-bond acceptors (Lipinski definition) is 2. The van der Waals surface area contributed by atoms with Crippen LogP contribution in [0.5, 0.6) is 0 Å². The van der Waals surface area contributed by atoms with Crippen molar-refractivity contribution in [3.63, 3.8) is 0 Å². The predicted octanol–water partition coefficient (Wildman–Crippen LogP) is 1.89. The number of hydrogen-bond donors (Lipinski definition) is 0. The van der Waals surface area contributed by atoms with Crippen LogP contribution in [0, 0.1) is 5.41 Å². The Morgan fingerprint density at radius 3 is 2.45 bits per heavy atom. The van der Waals surface area contributed by atoms with Crippen LogP contribution < -0.4 is 0 Å². The van der Waals surface area contributed by atoms with Crippen molar-refractivity contribution in [1.82, 2.24) is 4.42 Å². The summed E-state index contributed by atoms with van der Waals surface area (Å²) < 4.78 is 7.39. The summed E-state index contributed by atoms with van der Waals surface area (Å²) in [6.07, 6.45) is 0.272. The molecule has 1 aliphatic rings. The van der Waals surface area contributed by atoms with Crippen LogP contribution in [0.3, 0.4) is 0 Å². The van der Waals surface area contributed by atoms with Gasteiger partial charge in [0.25, 0.3) is 0 Å². The molecule has 1 atom stereocenters. The Hall–Kier alpha value is 0.210. The summed E-state index contributed by atoms with van der Waals surface area (Å²) >= 11 is 5.87. The van der Waals surface area contributed by atoms with Gasteiger partial charge in [0.2, 0.25) is 0 Å². The fraction of sp³-hybridized carbons (Fsp3) is 1.00. The lowest BCUT2D eigenvalue weighted by atomic mass is 9.88. The number of morpholine rings is 1. The molecule has 11 heavy (non-hydrogen) atoms. The maximum atomic E-state index is 5.87. The van der Waals surface area contributed by atoms with E-state index < -0.39 is 0 Å². The molecule has 0 bridgehead atoms. The van der Waals surface area contributed by atoms with E-state index in [1.165, 1.54) is 0 Å². The molecule has 1 saturated heterocycles. The van der Waals surface area contributed by atoms with E-state index in [2.05, 4.69) is 20.8 Å². The molecule has 0 aromatic carbocycles. The van der Waals surface area contributed by atoms with E-state index in [0.29, 0.717) is 0 Å². The molecule has 0 aromatic heterocycles. The molecule has 1 unspecified atom stereocenters. The lowest BCUT2D eigenvalue weighted by Crippen LogP contribution is -2.44. The molecule has 0 spiro atoms. The van der Waals surface area contributed by atoms with Crippen molar-refractivity contribution in [2.24, 2.45) is 5.41 Å². The number of halogens is 1. The van der Waals surface area contributed by atoms with E-state index in [0.717, 1.165) is 19.7 Å². The van der Waals surface area contributed by atoms with E-state index in [1.54, 1.807) is 4.42 Å². The van der Waals surface area contributed by atoms with Gasteiger partial charge in [-0.05, 0) is 17.2 Å². The maximum absolute atomic E-state index is 5.87. The van der Waals surface area contributed by atoms with Crippen LogP contribution in [0.2, 0.25) is 0 Å². The van der Waals surface area contributed by atoms with Crippen molar-refractivity contribution in [2.75, 3.05) is 19.7 Å². The fourth-order valence-corrected chi connectivity index (χ4v) is 1.34. The molecule has 0 aliphatic carbocycles. The molecule has 2 nitrogen and oxygen atoms in total. The van der Waals surface area contributed by atoms with Crippen LogP contribution in [-0.4, -0.2) is 30.2 Å². The van der Waals surface area contributed by atoms with E-state index >= 15 is 0 Å². The zero-order valence-electron chi connectivity index (χ0n) is 7.43. The molecule has 66 valence electrons. The Bertz CT molecular complexity index is 133. The highest BCUT2D eigenvalue weighted by Crippen LogP contribution is 2.25. The van der Waals surface area contributed by atoms with Crippen molar-refractivity contribution >= 4 is 11.8 Å². The summed E-state index contributed by atoms with van der Waals surface area (Å²) in [5.74, 6) is 0. The summed E-state index contributed by atoms with van der Waals surface area (Å²) in [4.78, 5) is 0. The first-order chi connectivity index (χ1) is 5.00. The molecule has 0 aromatic rings. The van der Waals surface area contributed by atoms with Gasteiger partial charge in [0.05, 0.1) is 12.7 Å². The van der Waals surface area contributed by atoms with E-state index in [4.69, 9.17) is 16.5 Å². The van der Waals surface area contributed by atoms with Crippen molar-refractivity contribution in [2.45, 2.75) is 26.9 Å². The zero-order chi connectivity index (χ0) is 8.48. The predicted molar refractivity (Wildman–Crippen MR) is 46.6 cm³/mol. The van der Waals surface area contributed by atoms with E-state index in [1.807, 2.05) is 0 Å². The second-order valence-electron chi connectivity index (χ2n) is 4.09. The number of rotatable bonds is 0. The monoisotopic (exact) mass is 177 g/mol. The second kappa shape index (κ2) is 3.30. The minimum absolute atomic E-state index is 0.202. The third kappa shape index (κ3) is 2.62. The third-order valence-corrected chi connectivity index (χ3v) is 2.29. The van der Waals surface area contributed by atoms with Crippen LogP contribution in [0.1, 0.15) is 20.8 Å². The van der Waals surface area contributed by atoms with Crippen LogP contribution in [0.25, 0.3) is 0 Å². The largest absolute Gasteiger partial charge is 0.375 e. The normalized spacial score (nSPS) is 28.9. The minimum atomic E-state index is 0.202. The average Bonchev–Trinajstić information content (AvgIpc) is 1.86. The maximum Gasteiger partial charge on any atom is 0.0763 e. The van der Waals surface area contributed by atoms with Crippen LogP contribution in [-0.2, 0) is 4.74 Å². The van der Waals surface area contributed by atoms with Gasteiger partial charge in [-0.1, -0.05) is 20.8 Å². The molecule has 0 radical (unpaired) electrons. The van der Waals surface area contributed by atoms with Gasteiger partial charge in [-0.3, -0.25) is 0 Å². The van der Waals surface area contributed by atoms with E-state index in [-0.39, 0.29) is 11.5 Å². The Kier molecular flexibility index (Phi) is 2.79. The number of ether oxygens (including phenoxy) is 1. The lowest BCUT2D eigenvalue weighted by molar-refractivity contribution is -0.0588. The SMILES string of the molecule is CC(C)(C)C1CN(Cl)CCO1. The van der Waals surface area contributed by atoms with Gasteiger partial charge >= 0.3 is 0 Å². The van der Waals surface area contributed by atoms with Crippen molar-refractivity contribution in [1.29, 1.82) is 0 Å². The quantitative estimate of drug-likeness (QED) is 0.524. The van der Waals surface area contributed by atoms with E-state index in [9.17, 15) is 0 Å². The summed E-state index contributed by atoms with van der Waals surface area (Å²) in [5.41, 5.74) is 0.202. The van der Waals surface area contributed by atoms with Crippen LogP contribution in [0.15, 0.2) is 0 Å². The van der Waals surface area contributed by atoms with Gasteiger partial charge in [-0.15, -0.1) is 0 Å². The van der Waals surface area contributed by atoms with Crippen molar-refractivity contribution < 1.29 is 4.74 Å². The molecule has 0 N–H and O–H groups in total. The summed E-state index contributed by atoms with van der Waals surface area (Å²) in [6.45, 7) is 8.96. The van der Waals surface area contributed by atoms with Gasteiger partial charge in [0.15, 0.2) is 0 Å². The van der Waals surface area contributed by atoms with Crippen LogP contribution in [0.4, 0.5) is 0 Å². The first kappa shape index (κ1) is 9.30. The van der Waals surface area contributed by atoms with Crippen LogP contribution >= 0.6 is 11.8 Å². The van der Waals surface area contributed by atoms with Gasteiger partial charge in [-0.25, -0.2) is 4.42 Å². The summed E-state index contributed by atoms with van der Waals surface area (Å²) in [7, 11) is 0. The standard InChI is InChI=1S/C8H16ClNO/c1-8(2,3)7-6-10(9)4-5-11-7/h7H,4-6H2,1-3H3. The molecule has 1 heterocycles. The molecular formula is C8H16ClNO. The Labute approximate surface area is 73.6 Å². The zero-order valence-corrected chi connectivity index (χ0v) is 8.19.